The lowest BCUT2D eigenvalue weighted by molar-refractivity contribution is 0.0699. The third-order valence-electron chi connectivity index (χ3n) is 8.78. The van der Waals surface area contributed by atoms with E-state index < -0.39 is 5.97 Å². The number of benzene rings is 2. The smallest absolute Gasteiger partial charge is 0.337 e. The number of hydrogen-bond donors (Lipinski definition) is 1. The van der Waals surface area contributed by atoms with Crippen LogP contribution in [0.4, 0.5) is 5.69 Å². The van der Waals surface area contributed by atoms with Crippen LogP contribution < -0.4 is 4.90 Å². The van der Waals surface area contributed by atoms with Crippen LogP contribution >= 0.6 is 23.2 Å². The Labute approximate surface area is 244 Å². The number of aromatic nitrogens is 2. The molecule has 6 rings (SSSR count). The highest BCUT2D eigenvalue weighted by Crippen LogP contribution is 2.46. The zero-order valence-electron chi connectivity index (χ0n) is 23.0. The molecule has 2 aromatic heterocycles. The Balaban J connectivity index is 1.07. The summed E-state index contributed by atoms with van der Waals surface area (Å²) in [6, 6.07) is 12.2. The van der Waals surface area contributed by atoms with E-state index in [1.807, 2.05) is 35.9 Å². The van der Waals surface area contributed by atoms with E-state index in [0.717, 1.165) is 79.4 Å². The molecule has 1 unspecified atom stereocenters. The van der Waals surface area contributed by atoms with E-state index in [1.165, 1.54) is 17.7 Å². The molecular weight excluding hydrogens is 545 g/mol. The molecule has 3 heterocycles. The minimum Gasteiger partial charge on any atom is -0.478 e. The number of anilines is 1. The van der Waals surface area contributed by atoms with Gasteiger partial charge < -0.3 is 19.1 Å². The maximum Gasteiger partial charge on any atom is 0.337 e. The highest BCUT2D eigenvalue weighted by Gasteiger charge is 2.33. The number of aromatic carboxylic acids is 1. The summed E-state index contributed by atoms with van der Waals surface area (Å²) in [6.45, 7) is 3.32. The monoisotopic (exact) mass is 579 g/mol. The van der Waals surface area contributed by atoms with Gasteiger partial charge in [0, 0.05) is 53.9 Å². The summed E-state index contributed by atoms with van der Waals surface area (Å²) in [7, 11) is 1.91. The van der Waals surface area contributed by atoms with Gasteiger partial charge in [-0.15, -0.1) is 0 Å². The Morgan fingerprint density at radius 3 is 2.60 bits per heavy atom. The second-order valence-electron chi connectivity index (χ2n) is 11.6. The number of fused-ring (bicyclic) bond motifs is 1. The molecule has 0 spiro atoms. The fourth-order valence-corrected chi connectivity index (χ4v) is 7.10. The van der Waals surface area contributed by atoms with Crippen LogP contribution in [0.5, 0.6) is 0 Å². The number of carbonyl (C=O) groups is 1. The molecule has 2 atom stereocenters. The normalized spacial score (nSPS) is 19.4. The summed E-state index contributed by atoms with van der Waals surface area (Å²) in [4.78, 5) is 14.1. The largest absolute Gasteiger partial charge is 0.478 e. The summed E-state index contributed by atoms with van der Waals surface area (Å²) in [5.41, 5.74) is 5.26. The van der Waals surface area contributed by atoms with Crippen molar-refractivity contribution < 1.29 is 14.4 Å². The molecule has 1 saturated heterocycles. The lowest BCUT2D eigenvalue weighted by Crippen LogP contribution is -2.40. The summed E-state index contributed by atoms with van der Waals surface area (Å²) in [6.07, 6.45) is 10.7. The molecular formula is C32H35Cl2N3O3. The lowest BCUT2D eigenvalue weighted by Gasteiger charge is -2.39. The van der Waals surface area contributed by atoms with Gasteiger partial charge in [0.25, 0.3) is 0 Å². The number of piperidine rings is 1. The molecule has 0 bridgehead atoms. The van der Waals surface area contributed by atoms with Crippen molar-refractivity contribution in [2.24, 2.45) is 13.0 Å². The van der Waals surface area contributed by atoms with Crippen molar-refractivity contribution in [2.45, 2.75) is 70.3 Å². The van der Waals surface area contributed by atoms with Gasteiger partial charge in [0.05, 0.1) is 21.1 Å². The van der Waals surface area contributed by atoms with Gasteiger partial charge >= 0.3 is 5.97 Å². The molecule has 0 radical (unpaired) electrons. The van der Waals surface area contributed by atoms with E-state index in [-0.39, 0.29) is 0 Å². The van der Waals surface area contributed by atoms with E-state index in [9.17, 15) is 9.90 Å². The van der Waals surface area contributed by atoms with Crippen molar-refractivity contribution in [3.05, 3.63) is 69.5 Å². The Bertz CT molecular complexity index is 1530. The van der Waals surface area contributed by atoms with Gasteiger partial charge in [0.15, 0.2) is 0 Å². The first-order valence-electron chi connectivity index (χ1n) is 14.3. The number of aryl methyl sites for hydroxylation is 1. The van der Waals surface area contributed by atoms with Crippen LogP contribution in [-0.4, -0.2) is 33.4 Å². The van der Waals surface area contributed by atoms with E-state index in [1.54, 1.807) is 6.20 Å². The molecule has 1 aliphatic carbocycles. The zero-order chi connectivity index (χ0) is 28.0. The highest BCUT2D eigenvalue weighted by molar-refractivity contribution is 6.39. The standard InChI is InChI=1S/C32H35Cl2N3O3/c1-19-16-20(14-15-37(19)22-12-13-23-25(32(38)39)18-36(2)28(23)17-22)6-3-4-7-24-30(35-40-31(24)21-10-11-21)29-26(33)8-5-9-27(29)34/h5,8-9,12-13,17-21H,3-4,6-7,10-11,14-16H2,1-2H3,(H,38,39)/t19-,20?/m0/s1. The molecule has 2 aromatic carbocycles. The summed E-state index contributed by atoms with van der Waals surface area (Å²) < 4.78 is 7.75. The number of hydrogen-bond acceptors (Lipinski definition) is 4. The first kappa shape index (κ1) is 27.2. The minimum atomic E-state index is -0.885. The van der Waals surface area contributed by atoms with Crippen LogP contribution in [-0.2, 0) is 13.5 Å². The molecule has 1 N–H and O–H groups in total. The first-order valence-corrected chi connectivity index (χ1v) is 15.1. The quantitative estimate of drug-likeness (QED) is 0.201. The molecule has 2 aliphatic rings. The van der Waals surface area contributed by atoms with Gasteiger partial charge in [0.1, 0.15) is 11.5 Å². The molecule has 1 saturated carbocycles. The Hall–Kier alpha value is -2.96. The van der Waals surface area contributed by atoms with E-state index in [0.29, 0.717) is 33.5 Å². The van der Waals surface area contributed by atoms with Gasteiger partial charge in [-0.3, -0.25) is 0 Å². The van der Waals surface area contributed by atoms with Crippen molar-refractivity contribution in [1.82, 2.24) is 9.72 Å². The number of nitrogens with zero attached hydrogens (tertiary/aromatic N) is 3. The van der Waals surface area contributed by atoms with E-state index >= 15 is 0 Å². The van der Waals surface area contributed by atoms with Crippen molar-refractivity contribution >= 4 is 45.8 Å². The summed E-state index contributed by atoms with van der Waals surface area (Å²) in [5.74, 6) is 1.32. The van der Waals surface area contributed by atoms with Crippen LogP contribution in [0.15, 0.2) is 47.1 Å². The Morgan fingerprint density at radius 2 is 1.90 bits per heavy atom. The van der Waals surface area contributed by atoms with Crippen LogP contribution in [0.3, 0.4) is 0 Å². The second-order valence-corrected chi connectivity index (χ2v) is 12.4. The Kier molecular flexibility index (Phi) is 7.58. The molecule has 8 heteroatoms. The van der Waals surface area contributed by atoms with Gasteiger partial charge in [-0.1, -0.05) is 47.3 Å². The molecule has 210 valence electrons. The lowest BCUT2D eigenvalue weighted by atomic mass is 9.86. The predicted octanol–water partition coefficient (Wildman–Crippen LogP) is 8.73. The number of carboxylic acids is 1. The second kappa shape index (κ2) is 11.1. The molecule has 1 aliphatic heterocycles. The fraction of sp³-hybridized carbons (Fsp3) is 0.438. The number of carboxylic acid groups (broad SMARTS) is 1. The maximum absolute atomic E-state index is 11.6. The van der Waals surface area contributed by atoms with Crippen LogP contribution in [0.25, 0.3) is 22.2 Å². The number of unbranched alkanes of at least 4 members (excludes halogenated alkanes) is 1. The maximum atomic E-state index is 11.6. The minimum absolute atomic E-state index is 0.355. The van der Waals surface area contributed by atoms with Gasteiger partial charge in [-0.2, -0.15) is 0 Å². The van der Waals surface area contributed by atoms with Gasteiger partial charge in [-0.05, 0) is 81.7 Å². The molecule has 40 heavy (non-hydrogen) atoms. The SMILES string of the molecule is C[C@H]1CC(CCCCc2c(-c3c(Cl)cccc3Cl)noc2C2CC2)CCN1c1ccc2c(C(=O)O)cn(C)c2c1. The van der Waals surface area contributed by atoms with Crippen LogP contribution in [0.1, 0.15) is 79.5 Å². The third-order valence-corrected chi connectivity index (χ3v) is 9.41. The molecule has 4 aromatic rings. The summed E-state index contributed by atoms with van der Waals surface area (Å²) >= 11 is 13.1. The van der Waals surface area contributed by atoms with Crippen LogP contribution in [0, 0.1) is 5.92 Å². The first-order chi connectivity index (χ1) is 19.3. The van der Waals surface area contributed by atoms with Crippen molar-refractivity contribution in [3.8, 4) is 11.3 Å². The number of halogens is 2. The summed E-state index contributed by atoms with van der Waals surface area (Å²) in [5, 5.41) is 16.0. The van der Waals surface area contributed by atoms with Crippen molar-refractivity contribution in [3.63, 3.8) is 0 Å². The van der Waals surface area contributed by atoms with Gasteiger partial charge in [0.2, 0.25) is 0 Å². The highest BCUT2D eigenvalue weighted by atomic mass is 35.5. The molecule has 2 fully saturated rings. The predicted molar refractivity (Wildman–Crippen MR) is 161 cm³/mol. The Morgan fingerprint density at radius 1 is 1.12 bits per heavy atom. The van der Waals surface area contributed by atoms with Crippen molar-refractivity contribution in [1.29, 1.82) is 0 Å². The third kappa shape index (κ3) is 5.24. The van der Waals surface area contributed by atoms with Crippen molar-refractivity contribution in [2.75, 3.05) is 11.4 Å². The number of rotatable bonds is 9. The average Bonchev–Trinajstić information content (AvgIpc) is 3.61. The topological polar surface area (TPSA) is 71.5 Å². The van der Waals surface area contributed by atoms with Gasteiger partial charge in [-0.25, -0.2) is 4.79 Å². The average molecular weight is 581 g/mol. The zero-order valence-corrected chi connectivity index (χ0v) is 24.5. The van der Waals surface area contributed by atoms with E-state index in [2.05, 4.69) is 29.1 Å². The molecule has 6 nitrogen and oxygen atoms in total. The van der Waals surface area contributed by atoms with E-state index in [4.69, 9.17) is 27.7 Å². The molecule has 0 amide bonds. The van der Waals surface area contributed by atoms with Crippen LogP contribution in [0.2, 0.25) is 10.0 Å². The fourth-order valence-electron chi connectivity index (χ4n) is 6.52.